The normalized spacial score (nSPS) is 11.0. The van der Waals surface area contributed by atoms with Crippen LogP contribution in [0.25, 0.3) is 33.3 Å². The highest BCUT2D eigenvalue weighted by molar-refractivity contribution is 6.31. The van der Waals surface area contributed by atoms with Gasteiger partial charge in [0.1, 0.15) is 0 Å². The summed E-state index contributed by atoms with van der Waals surface area (Å²) in [6.45, 7) is 0. The van der Waals surface area contributed by atoms with Crippen LogP contribution < -0.4 is 5.43 Å². The first kappa shape index (κ1) is 15.9. The second kappa shape index (κ2) is 6.40. The summed E-state index contributed by atoms with van der Waals surface area (Å²) in [5, 5.41) is 1.94. The van der Waals surface area contributed by atoms with Crippen molar-refractivity contribution in [2.24, 2.45) is 0 Å². The number of para-hydroxylation sites is 1. The van der Waals surface area contributed by atoms with E-state index >= 15 is 0 Å². The Kier molecular flexibility index (Phi) is 4.08. The van der Waals surface area contributed by atoms with Gasteiger partial charge < -0.3 is 4.98 Å². The maximum atomic E-state index is 13.2. The van der Waals surface area contributed by atoms with Crippen molar-refractivity contribution in [3.63, 3.8) is 0 Å². The largest absolute Gasteiger partial charge is 0.354 e. The second-order valence-electron chi connectivity index (χ2n) is 5.76. The Morgan fingerprint density at radius 1 is 0.680 bits per heavy atom. The van der Waals surface area contributed by atoms with Gasteiger partial charge in [-0.1, -0.05) is 59.6 Å². The first-order chi connectivity index (χ1) is 12.1. The van der Waals surface area contributed by atoms with E-state index in [1.54, 1.807) is 12.1 Å². The van der Waals surface area contributed by atoms with Gasteiger partial charge in [-0.3, -0.25) is 4.79 Å². The third-order valence-corrected chi connectivity index (χ3v) is 4.68. The molecule has 122 valence electrons. The molecule has 0 radical (unpaired) electrons. The van der Waals surface area contributed by atoms with E-state index in [0.717, 1.165) is 22.3 Å². The number of aromatic nitrogens is 1. The van der Waals surface area contributed by atoms with E-state index < -0.39 is 0 Å². The summed E-state index contributed by atoms with van der Waals surface area (Å²) in [6.07, 6.45) is 0. The van der Waals surface area contributed by atoms with Crippen molar-refractivity contribution in [2.45, 2.75) is 0 Å². The van der Waals surface area contributed by atoms with Crippen LogP contribution in [0.2, 0.25) is 10.0 Å². The van der Waals surface area contributed by atoms with E-state index in [0.29, 0.717) is 21.0 Å². The highest BCUT2D eigenvalue weighted by atomic mass is 35.5. The predicted octanol–water partition coefficient (Wildman–Crippen LogP) is 6.17. The predicted molar refractivity (Wildman–Crippen MR) is 105 cm³/mol. The number of aromatic amines is 1. The number of pyridine rings is 1. The number of rotatable bonds is 2. The molecule has 4 heteroatoms. The molecule has 1 N–H and O–H groups in total. The van der Waals surface area contributed by atoms with Crippen LogP contribution in [0.5, 0.6) is 0 Å². The van der Waals surface area contributed by atoms with Crippen molar-refractivity contribution >= 4 is 34.1 Å². The van der Waals surface area contributed by atoms with E-state index in [1.807, 2.05) is 60.7 Å². The molecule has 4 aromatic rings. The van der Waals surface area contributed by atoms with E-state index in [2.05, 4.69) is 4.98 Å². The topological polar surface area (TPSA) is 32.9 Å². The van der Waals surface area contributed by atoms with Crippen LogP contribution in [0.4, 0.5) is 0 Å². The molecular formula is C21H13Cl2NO. The van der Waals surface area contributed by atoms with Crippen molar-refractivity contribution in [2.75, 3.05) is 0 Å². The van der Waals surface area contributed by atoms with Gasteiger partial charge in [-0.15, -0.1) is 0 Å². The van der Waals surface area contributed by atoms with E-state index in [4.69, 9.17) is 23.2 Å². The first-order valence-corrected chi connectivity index (χ1v) is 8.56. The van der Waals surface area contributed by atoms with E-state index in [9.17, 15) is 4.79 Å². The summed E-state index contributed by atoms with van der Waals surface area (Å²) >= 11 is 12.0. The number of benzene rings is 3. The molecule has 0 spiro atoms. The van der Waals surface area contributed by atoms with E-state index in [-0.39, 0.29) is 5.43 Å². The summed E-state index contributed by atoms with van der Waals surface area (Å²) in [4.78, 5) is 16.6. The Morgan fingerprint density at radius 2 is 1.24 bits per heavy atom. The summed E-state index contributed by atoms with van der Waals surface area (Å²) in [7, 11) is 0. The lowest BCUT2D eigenvalue weighted by Crippen LogP contribution is -2.09. The fourth-order valence-corrected chi connectivity index (χ4v) is 3.21. The smallest absolute Gasteiger partial charge is 0.197 e. The third-order valence-electron chi connectivity index (χ3n) is 4.17. The van der Waals surface area contributed by atoms with E-state index in [1.165, 1.54) is 0 Å². The number of H-pyrrole nitrogens is 1. The van der Waals surface area contributed by atoms with Crippen LogP contribution in [0.1, 0.15) is 0 Å². The molecule has 3 aromatic carbocycles. The number of hydrogen-bond acceptors (Lipinski definition) is 1. The molecule has 0 aliphatic heterocycles. The molecule has 25 heavy (non-hydrogen) atoms. The van der Waals surface area contributed by atoms with Gasteiger partial charge in [0.2, 0.25) is 0 Å². The van der Waals surface area contributed by atoms with Crippen molar-refractivity contribution in [3.8, 4) is 22.4 Å². The minimum atomic E-state index is -0.0124. The van der Waals surface area contributed by atoms with Crippen LogP contribution in [0, 0.1) is 0 Å². The molecule has 4 rings (SSSR count). The van der Waals surface area contributed by atoms with Crippen LogP contribution in [0.15, 0.2) is 77.6 Å². The molecule has 0 unspecified atom stereocenters. The zero-order chi connectivity index (χ0) is 17.4. The van der Waals surface area contributed by atoms with Crippen LogP contribution in [-0.4, -0.2) is 4.98 Å². The molecule has 0 saturated carbocycles. The zero-order valence-electron chi connectivity index (χ0n) is 13.1. The lowest BCUT2D eigenvalue weighted by Gasteiger charge is -2.12. The molecule has 0 fully saturated rings. The SMILES string of the molecule is O=c1c(-c2ccc(Cl)cc2)c(-c2ccc(Cl)cc2)[nH]c2ccccc12. The average molecular weight is 366 g/mol. The maximum absolute atomic E-state index is 13.2. The van der Waals surface area contributed by atoms with Gasteiger partial charge in [-0.25, -0.2) is 0 Å². The Bertz CT molecular complexity index is 1110. The minimum Gasteiger partial charge on any atom is -0.354 e. The number of nitrogens with one attached hydrogen (secondary N) is 1. The molecule has 0 saturated heterocycles. The fraction of sp³-hybridized carbons (Fsp3) is 0. The molecule has 1 aromatic heterocycles. The lowest BCUT2D eigenvalue weighted by atomic mass is 9.97. The number of halogens is 2. The molecule has 0 bridgehead atoms. The Balaban J connectivity index is 2.09. The Morgan fingerprint density at radius 3 is 1.88 bits per heavy atom. The minimum absolute atomic E-state index is 0.0124. The second-order valence-corrected chi connectivity index (χ2v) is 6.64. The standard InChI is InChI=1S/C21H13Cl2NO/c22-15-9-5-13(6-10-15)19-20(14-7-11-16(23)12-8-14)24-18-4-2-1-3-17(18)21(19)25/h1-12H,(H,24,25). The summed E-state index contributed by atoms with van der Waals surface area (Å²) < 4.78 is 0. The van der Waals surface area contributed by atoms with Crippen molar-refractivity contribution in [1.29, 1.82) is 0 Å². The van der Waals surface area contributed by atoms with Crippen molar-refractivity contribution in [3.05, 3.63) is 93.1 Å². The van der Waals surface area contributed by atoms with Gasteiger partial charge in [-0.05, 0) is 47.5 Å². The summed E-state index contributed by atoms with van der Waals surface area (Å²) in [5.41, 5.74) is 3.90. The highest BCUT2D eigenvalue weighted by Gasteiger charge is 2.15. The monoisotopic (exact) mass is 365 g/mol. The Labute approximate surface area is 154 Å². The van der Waals surface area contributed by atoms with Gasteiger partial charge in [0.05, 0.1) is 11.3 Å². The summed E-state index contributed by atoms with van der Waals surface area (Å²) in [5.74, 6) is 0. The van der Waals surface area contributed by atoms with Gasteiger partial charge in [0.15, 0.2) is 5.43 Å². The zero-order valence-corrected chi connectivity index (χ0v) is 14.6. The first-order valence-electron chi connectivity index (χ1n) is 7.80. The molecule has 1 heterocycles. The molecule has 0 atom stereocenters. The highest BCUT2D eigenvalue weighted by Crippen LogP contribution is 2.31. The molecule has 2 nitrogen and oxygen atoms in total. The van der Waals surface area contributed by atoms with Gasteiger partial charge >= 0.3 is 0 Å². The van der Waals surface area contributed by atoms with Gasteiger partial charge in [0.25, 0.3) is 0 Å². The van der Waals surface area contributed by atoms with Crippen LogP contribution in [0.3, 0.4) is 0 Å². The van der Waals surface area contributed by atoms with Gasteiger partial charge in [-0.2, -0.15) is 0 Å². The quantitative estimate of drug-likeness (QED) is 0.452. The summed E-state index contributed by atoms with van der Waals surface area (Å²) in [6, 6.07) is 22.3. The Hall–Kier alpha value is -2.55. The number of hydrogen-bond donors (Lipinski definition) is 1. The molecular weight excluding hydrogens is 353 g/mol. The third kappa shape index (κ3) is 2.95. The van der Waals surface area contributed by atoms with Crippen molar-refractivity contribution in [1.82, 2.24) is 4.98 Å². The van der Waals surface area contributed by atoms with Crippen LogP contribution in [-0.2, 0) is 0 Å². The average Bonchev–Trinajstić information content (AvgIpc) is 2.63. The fourth-order valence-electron chi connectivity index (χ4n) is 2.96. The molecule has 0 aliphatic carbocycles. The van der Waals surface area contributed by atoms with Gasteiger partial charge in [0, 0.05) is 20.9 Å². The van der Waals surface area contributed by atoms with Crippen molar-refractivity contribution < 1.29 is 0 Å². The molecule has 0 aliphatic rings. The maximum Gasteiger partial charge on any atom is 0.197 e. The number of fused-ring (bicyclic) bond motifs is 1. The van der Waals surface area contributed by atoms with Crippen LogP contribution >= 0.6 is 23.2 Å². The lowest BCUT2D eigenvalue weighted by molar-refractivity contribution is 1.37. The molecule has 0 amide bonds.